The van der Waals surface area contributed by atoms with Gasteiger partial charge in [-0.1, -0.05) is 18.2 Å². The van der Waals surface area contributed by atoms with E-state index >= 15 is 0 Å². The lowest BCUT2D eigenvalue weighted by Gasteiger charge is -2.32. The summed E-state index contributed by atoms with van der Waals surface area (Å²) in [5.74, 6) is 0.914. The largest absolute Gasteiger partial charge is 0.368 e. The third kappa shape index (κ3) is 2.73. The van der Waals surface area contributed by atoms with Gasteiger partial charge < -0.3 is 9.30 Å². The van der Waals surface area contributed by atoms with Crippen molar-refractivity contribution < 1.29 is 4.74 Å². The van der Waals surface area contributed by atoms with E-state index in [1.165, 1.54) is 5.56 Å². The van der Waals surface area contributed by atoms with Gasteiger partial charge in [0.15, 0.2) is 5.82 Å². The van der Waals surface area contributed by atoms with Crippen LogP contribution in [-0.4, -0.2) is 49.6 Å². The van der Waals surface area contributed by atoms with Crippen molar-refractivity contribution in [3.05, 3.63) is 42.1 Å². The third-order valence-electron chi connectivity index (χ3n) is 4.38. The van der Waals surface area contributed by atoms with Crippen LogP contribution < -0.4 is 0 Å². The second kappa shape index (κ2) is 6.10. The average Bonchev–Trinajstić information content (AvgIpc) is 3.24. The molecule has 7 nitrogen and oxygen atoms in total. The number of benzene rings is 1. The van der Waals surface area contributed by atoms with Gasteiger partial charge in [0.2, 0.25) is 0 Å². The number of aromatic amines is 1. The van der Waals surface area contributed by atoms with E-state index in [4.69, 9.17) is 4.74 Å². The number of para-hydroxylation sites is 1. The molecule has 0 unspecified atom stereocenters. The van der Waals surface area contributed by atoms with E-state index in [1.807, 2.05) is 10.8 Å². The monoisotopic (exact) mass is 312 g/mol. The highest BCUT2D eigenvalue weighted by Gasteiger charge is 2.26. The van der Waals surface area contributed by atoms with Crippen molar-refractivity contribution in [3.8, 4) is 0 Å². The Hall–Kier alpha value is -2.25. The average molecular weight is 312 g/mol. The lowest BCUT2D eigenvalue weighted by Crippen LogP contribution is -2.38. The standard InChI is InChI=1S/C16H20N6O/c1-2-22-11-18-20-16(22)14-10-21(6-7-23-14)9-13-5-3-4-12-8-17-19-15(12)13/h3-5,8,11,14H,2,6-7,9-10H2,1H3,(H,17,19)/t14-/m0/s1. The van der Waals surface area contributed by atoms with Crippen LogP contribution in [0.25, 0.3) is 10.9 Å². The summed E-state index contributed by atoms with van der Waals surface area (Å²) in [4.78, 5) is 2.40. The van der Waals surface area contributed by atoms with Crippen molar-refractivity contribution in [2.45, 2.75) is 26.1 Å². The van der Waals surface area contributed by atoms with Crippen molar-refractivity contribution in [1.29, 1.82) is 0 Å². The second-order valence-corrected chi connectivity index (χ2v) is 5.82. The zero-order valence-electron chi connectivity index (χ0n) is 13.1. The Labute approximate surface area is 134 Å². The first-order chi connectivity index (χ1) is 11.3. The first-order valence-corrected chi connectivity index (χ1v) is 7.97. The number of hydrogen-bond donors (Lipinski definition) is 1. The van der Waals surface area contributed by atoms with Gasteiger partial charge in [-0.3, -0.25) is 10.00 Å². The van der Waals surface area contributed by atoms with Gasteiger partial charge in [-0.05, 0) is 12.5 Å². The van der Waals surface area contributed by atoms with Gasteiger partial charge in [-0.2, -0.15) is 5.10 Å². The van der Waals surface area contributed by atoms with Gasteiger partial charge in [0.25, 0.3) is 0 Å². The Kier molecular flexibility index (Phi) is 3.80. The summed E-state index contributed by atoms with van der Waals surface area (Å²) in [6.07, 6.45) is 3.61. The molecule has 0 aliphatic carbocycles. The van der Waals surface area contributed by atoms with E-state index < -0.39 is 0 Å². The molecule has 1 aromatic carbocycles. The molecular weight excluding hydrogens is 292 g/mol. The quantitative estimate of drug-likeness (QED) is 0.794. The topological polar surface area (TPSA) is 71.9 Å². The maximum absolute atomic E-state index is 5.92. The Morgan fingerprint density at radius 1 is 1.39 bits per heavy atom. The number of nitrogens with one attached hydrogen (secondary N) is 1. The third-order valence-corrected chi connectivity index (χ3v) is 4.38. The molecule has 4 rings (SSSR count). The number of fused-ring (bicyclic) bond motifs is 1. The van der Waals surface area contributed by atoms with Gasteiger partial charge in [0.05, 0.1) is 18.3 Å². The first kappa shape index (κ1) is 14.3. The van der Waals surface area contributed by atoms with Crippen LogP contribution in [0.4, 0.5) is 0 Å². The molecule has 0 spiro atoms. The molecule has 120 valence electrons. The van der Waals surface area contributed by atoms with Crippen LogP contribution in [0.1, 0.15) is 24.4 Å². The van der Waals surface area contributed by atoms with Crippen LogP contribution in [0, 0.1) is 0 Å². The molecule has 0 radical (unpaired) electrons. The van der Waals surface area contributed by atoms with E-state index in [0.29, 0.717) is 6.61 Å². The highest BCUT2D eigenvalue weighted by molar-refractivity contribution is 5.81. The number of nitrogens with zero attached hydrogens (tertiary/aromatic N) is 5. The predicted octanol–water partition coefficient (Wildman–Crippen LogP) is 1.75. The van der Waals surface area contributed by atoms with E-state index in [1.54, 1.807) is 6.33 Å². The SMILES string of the molecule is CCn1cnnc1[C@@H]1CN(Cc2cccc3cn[nH]c23)CCO1. The van der Waals surface area contributed by atoms with Crippen LogP contribution in [0.2, 0.25) is 0 Å². The maximum Gasteiger partial charge on any atom is 0.163 e. The van der Waals surface area contributed by atoms with Gasteiger partial charge in [0, 0.05) is 31.6 Å². The second-order valence-electron chi connectivity index (χ2n) is 5.82. The highest BCUT2D eigenvalue weighted by Crippen LogP contribution is 2.23. The lowest BCUT2D eigenvalue weighted by atomic mass is 10.1. The minimum atomic E-state index is -0.0211. The Morgan fingerprint density at radius 3 is 3.26 bits per heavy atom. The van der Waals surface area contributed by atoms with Crippen molar-refractivity contribution >= 4 is 10.9 Å². The molecule has 1 aliphatic rings. The molecule has 0 bridgehead atoms. The van der Waals surface area contributed by atoms with E-state index in [-0.39, 0.29) is 6.10 Å². The summed E-state index contributed by atoms with van der Waals surface area (Å²) in [7, 11) is 0. The first-order valence-electron chi connectivity index (χ1n) is 7.97. The van der Waals surface area contributed by atoms with Gasteiger partial charge in [-0.25, -0.2) is 0 Å². The molecule has 0 saturated carbocycles. The van der Waals surface area contributed by atoms with Crippen LogP contribution in [0.3, 0.4) is 0 Å². The summed E-state index contributed by atoms with van der Waals surface area (Å²) in [6.45, 7) is 6.27. The van der Waals surface area contributed by atoms with E-state index in [9.17, 15) is 0 Å². The lowest BCUT2D eigenvalue weighted by molar-refractivity contribution is -0.0387. The van der Waals surface area contributed by atoms with Gasteiger partial charge in [-0.15, -0.1) is 10.2 Å². The number of aromatic nitrogens is 5. The van der Waals surface area contributed by atoms with Crippen LogP contribution in [0.5, 0.6) is 0 Å². The molecule has 2 aromatic heterocycles. The molecule has 1 saturated heterocycles. The number of ether oxygens (including phenoxy) is 1. The number of rotatable bonds is 4. The summed E-state index contributed by atoms with van der Waals surface area (Å²) in [5, 5.41) is 16.6. The Bertz CT molecular complexity index is 795. The minimum absolute atomic E-state index is 0.0211. The minimum Gasteiger partial charge on any atom is -0.368 e. The van der Waals surface area contributed by atoms with Crippen LogP contribution in [0.15, 0.2) is 30.7 Å². The van der Waals surface area contributed by atoms with Crippen molar-refractivity contribution in [2.75, 3.05) is 19.7 Å². The molecule has 1 atom stereocenters. The summed E-state index contributed by atoms with van der Waals surface area (Å²) in [5.41, 5.74) is 2.38. The fraction of sp³-hybridized carbons (Fsp3) is 0.438. The Morgan fingerprint density at radius 2 is 2.35 bits per heavy atom. The number of H-pyrrole nitrogens is 1. The predicted molar refractivity (Wildman–Crippen MR) is 85.8 cm³/mol. The van der Waals surface area contributed by atoms with Crippen molar-refractivity contribution in [3.63, 3.8) is 0 Å². The summed E-state index contributed by atoms with van der Waals surface area (Å²) >= 11 is 0. The molecule has 23 heavy (non-hydrogen) atoms. The highest BCUT2D eigenvalue weighted by atomic mass is 16.5. The van der Waals surface area contributed by atoms with Crippen LogP contribution in [-0.2, 0) is 17.8 Å². The molecule has 0 amide bonds. The molecule has 1 N–H and O–H groups in total. The number of morpholine rings is 1. The van der Waals surface area contributed by atoms with Crippen molar-refractivity contribution in [2.24, 2.45) is 0 Å². The fourth-order valence-electron chi connectivity index (χ4n) is 3.16. The molecule has 7 heteroatoms. The maximum atomic E-state index is 5.92. The van der Waals surface area contributed by atoms with Gasteiger partial charge in [0.1, 0.15) is 12.4 Å². The van der Waals surface area contributed by atoms with E-state index in [0.717, 1.165) is 42.9 Å². The fourth-order valence-corrected chi connectivity index (χ4v) is 3.16. The van der Waals surface area contributed by atoms with Crippen molar-refractivity contribution in [1.82, 2.24) is 29.9 Å². The molecule has 3 heterocycles. The van der Waals surface area contributed by atoms with Crippen LogP contribution >= 0.6 is 0 Å². The number of hydrogen-bond acceptors (Lipinski definition) is 5. The summed E-state index contributed by atoms with van der Waals surface area (Å²) in [6, 6.07) is 6.31. The summed E-state index contributed by atoms with van der Waals surface area (Å²) < 4.78 is 7.97. The zero-order chi connectivity index (χ0) is 15.6. The van der Waals surface area contributed by atoms with E-state index in [2.05, 4.69) is 50.4 Å². The van der Waals surface area contributed by atoms with Gasteiger partial charge >= 0.3 is 0 Å². The normalized spacial score (nSPS) is 19.4. The smallest absolute Gasteiger partial charge is 0.163 e. The molecule has 3 aromatic rings. The molecule has 1 aliphatic heterocycles. The number of aryl methyl sites for hydroxylation is 1. The zero-order valence-corrected chi connectivity index (χ0v) is 13.1. The molecular formula is C16H20N6O. The Balaban J connectivity index is 1.53. The molecule has 1 fully saturated rings.